The molecule has 0 aliphatic heterocycles. The molecule has 1 unspecified atom stereocenters. The highest BCUT2D eigenvalue weighted by molar-refractivity contribution is 9.10. The SMILES string of the molecule is CCn1ncc(NC(C)c2cccnc2)c(Br)c1=O. The van der Waals surface area contributed by atoms with Crippen LogP contribution in [0, 0.1) is 0 Å². The lowest BCUT2D eigenvalue weighted by molar-refractivity contribution is 0.612. The molecule has 0 aliphatic rings. The van der Waals surface area contributed by atoms with Crippen molar-refractivity contribution in [3.8, 4) is 0 Å². The third kappa shape index (κ3) is 3.01. The second kappa shape index (κ2) is 5.97. The molecule has 2 heterocycles. The summed E-state index contributed by atoms with van der Waals surface area (Å²) in [6.07, 6.45) is 5.18. The van der Waals surface area contributed by atoms with Crippen LogP contribution in [0.1, 0.15) is 25.5 Å². The van der Waals surface area contributed by atoms with Crippen molar-refractivity contribution >= 4 is 21.6 Å². The van der Waals surface area contributed by atoms with Gasteiger partial charge < -0.3 is 5.32 Å². The van der Waals surface area contributed by atoms with E-state index < -0.39 is 0 Å². The molecule has 19 heavy (non-hydrogen) atoms. The largest absolute Gasteiger partial charge is 0.376 e. The quantitative estimate of drug-likeness (QED) is 0.939. The number of hydrogen-bond donors (Lipinski definition) is 1. The molecule has 100 valence electrons. The lowest BCUT2D eigenvalue weighted by Gasteiger charge is -2.16. The molecule has 0 spiro atoms. The van der Waals surface area contributed by atoms with Crippen LogP contribution in [-0.4, -0.2) is 14.8 Å². The molecule has 0 bridgehead atoms. The summed E-state index contributed by atoms with van der Waals surface area (Å²) < 4.78 is 1.91. The van der Waals surface area contributed by atoms with Crippen LogP contribution in [0.5, 0.6) is 0 Å². The van der Waals surface area contributed by atoms with Gasteiger partial charge in [-0.2, -0.15) is 5.10 Å². The Morgan fingerprint density at radius 1 is 1.47 bits per heavy atom. The van der Waals surface area contributed by atoms with E-state index in [2.05, 4.69) is 31.3 Å². The molecule has 6 heteroatoms. The van der Waals surface area contributed by atoms with Crippen LogP contribution in [0.3, 0.4) is 0 Å². The van der Waals surface area contributed by atoms with Crippen molar-refractivity contribution in [1.82, 2.24) is 14.8 Å². The molecule has 0 radical (unpaired) electrons. The third-order valence-electron chi connectivity index (χ3n) is 2.84. The predicted octanol–water partition coefficient (Wildman–Crippen LogP) is 2.59. The standard InChI is InChI=1S/C13H15BrN4O/c1-3-18-13(19)12(14)11(8-16-18)17-9(2)10-5-4-6-15-7-10/h4-9,17H,3H2,1-2H3. The minimum atomic E-state index is -0.133. The van der Waals surface area contributed by atoms with Crippen molar-refractivity contribution in [2.24, 2.45) is 0 Å². The van der Waals surface area contributed by atoms with E-state index in [1.165, 1.54) is 4.68 Å². The Morgan fingerprint density at radius 3 is 2.89 bits per heavy atom. The van der Waals surface area contributed by atoms with E-state index in [1.807, 2.05) is 26.0 Å². The lowest BCUT2D eigenvalue weighted by atomic mass is 10.1. The van der Waals surface area contributed by atoms with Gasteiger partial charge in [-0.1, -0.05) is 6.07 Å². The molecule has 1 N–H and O–H groups in total. The van der Waals surface area contributed by atoms with Crippen LogP contribution in [0.4, 0.5) is 5.69 Å². The Bertz CT molecular complexity index is 612. The van der Waals surface area contributed by atoms with Gasteiger partial charge in [0.25, 0.3) is 5.56 Å². The molecule has 2 aromatic rings. The summed E-state index contributed by atoms with van der Waals surface area (Å²) in [6, 6.07) is 3.92. The van der Waals surface area contributed by atoms with E-state index in [4.69, 9.17) is 0 Å². The highest BCUT2D eigenvalue weighted by atomic mass is 79.9. The molecule has 2 rings (SSSR count). The first-order valence-electron chi connectivity index (χ1n) is 6.05. The van der Waals surface area contributed by atoms with Gasteiger partial charge in [0.15, 0.2) is 0 Å². The van der Waals surface area contributed by atoms with Gasteiger partial charge in [-0.25, -0.2) is 4.68 Å². The van der Waals surface area contributed by atoms with Gasteiger partial charge in [0.2, 0.25) is 0 Å². The third-order valence-corrected chi connectivity index (χ3v) is 3.61. The number of anilines is 1. The molecule has 0 aromatic carbocycles. The zero-order valence-electron chi connectivity index (χ0n) is 10.8. The van der Waals surface area contributed by atoms with Gasteiger partial charge >= 0.3 is 0 Å². The lowest BCUT2D eigenvalue weighted by Crippen LogP contribution is -2.24. The van der Waals surface area contributed by atoms with Crippen LogP contribution < -0.4 is 10.9 Å². The van der Waals surface area contributed by atoms with Crippen molar-refractivity contribution < 1.29 is 0 Å². The normalized spacial score (nSPS) is 12.2. The zero-order chi connectivity index (χ0) is 13.8. The van der Waals surface area contributed by atoms with E-state index in [0.717, 1.165) is 5.56 Å². The Kier molecular flexibility index (Phi) is 4.31. The summed E-state index contributed by atoms with van der Waals surface area (Å²) in [4.78, 5) is 16.0. The first kappa shape index (κ1) is 13.7. The molecule has 0 saturated heterocycles. The molecule has 0 amide bonds. The number of rotatable bonds is 4. The first-order chi connectivity index (χ1) is 9.13. The van der Waals surface area contributed by atoms with Gasteiger partial charge in [0.1, 0.15) is 4.47 Å². The molecule has 0 aliphatic carbocycles. The fourth-order valence-corrected chi connectivity index (χ4v) is 2.16. The van der Waals surface area contributed by atoms with Crippen LogP contribution in [0.2, 0.25) is 0 Å². The average molecular weight is 323 g/mol. The van der Waals surface area contributed by atoms with Gasteiger partial charge in [0, 0.05) is 18.9 Å². The smallest absolute Gasteiger partial charge is 0.283 e. The molecule has 5 nitrogen and oxygen atoms in total. The van der Waals surface area contributed by atoms with Gasteiger partial charge in [-0.15, -0.1) is 0 Å². The summed E-state index contributed by atoms with van der Waals surface area (Å²) >= 11 is 3.32. The van der Waals surface area contributed by atoms with E-state index in [1.54, 1.807) is 18.6 Å². The van der Waals surface area contributed by atoms with Crippen LogP contribution in [0.15, 0.2) is 40.0 Å². The molecular formula is C13H15BrN4O. The van der Waals surface area contributed by atoms with Crippen LogP contribution in [-0.2, 0) is 6.54 Å². The Hall–Kier alpha value is -1.69. The van der Waals surface area contributed by atoms with E-state index >= 15 is 0 Å². The summed E-state index contributed by atoms with van der Waals surface area (Å²) in [5.41, 5.74) is 1.60. The number of aryl methyl sites for hydroxylation is 1. The number of pyridine rings is 1. The molecular weight excluding hydrogens is 308 g/mol. The second-order valence-corrected chi connectivity index (χ2v) is 4.94. The van der Waals surface area contributed by atoms with Gasteiger partial charge in [0.05, 0.1) is 17.9 Å². The number of halogens is 1. The van der Waals surface area contributed by atoms with Gasteiger partial charge in [-0.3, -0.25) is 9.78 Å². The Labute approximate surface area is 119 Å². The van der Waals surface area contributed by atoms with Gasteiger partial charge in [-0.05, 0) is 41.4 Å². The number of nitrogens with zero attached hydrogens (tertiary/aromatic N) is 3. The highest BCUT2D eigenvalue weighted by Crippen LogP contribution is 2.22. The topological polar surface area (TPSA) is 59.8 Å². The second-order valence-electron chi connectivity index (χ2n) is 4.15. The number of hydrogen-bond acceptors (Lipinski definition) is 4. The minimum absolute atomic E-state index is 0.0451. The maximum atomic E-state index is 11.9. The molecule has 2 aromatic heterocycles. The maximum absolute atomic E-state index is 11.9. The highest BCUT2D eigenvalue weighted by Gasteiger charge is 2.11. The van der Waals surface area contributed by atoms with E-state index in [9.17, 15) is 4.79 Å². The summed E-state index contributed by atoms with van der Waals surface area (Å²) in [7, 11) is 0. The zero-order valence-corrected chi connectivity index (χ0v) is 12.4. The summed E-state index contributed by atoms with van der Waals surface area (Å²) in [5, 5.41) is 7.36. The van der Waals surface area contributed by atoms with Crippen molar-refractivity contribution in [3.63, 3.8) is 0 Å². The molecule has 1 atom stereocenters. The molecule has 0 saturated carbocycles. The first-order valence-corrected chi connectivity index (χ1v) is 6.85. The minimum Gasteiger partial charge on any atom is -0.376 e. The number of aromatic nitrogens is 3. The molecule has 0 fully saturated rings. The Morgan fingerprint density at radius 2 is 2.26 bits per heavy atom. The fraction of sp³-hybridized carbons (Fsp3) is 0.308. The summed E-state index contributed by atoms with van der Waals surface area (Å²) in [6.45, 7) is 4.44. The van der Waals surface area contributed by atoms with Crippen molar-refractivity contribution in [2.75, 3.05) is 5.32 Å². The Balaban J connectivity index is 2.25. The fourth-order valence-electron chi connectivity index (χ4n) is 1.74. The average Bonchev–Trinajstić information content (AvgIpc) is 2.45. The maximum Gasteiger partial charge on any atom is 0.283 e. The number of nitrogens with one attached hydrogen (secondary N) is 1. The summed E-state index contributed by atoms with van der Waals surface area (Å²) in [5.74, 6) is 0. The monoisotopic (exact) mass is 322 g/mol. The predicted molar refractivity (Wildman–Crippen MR) is 78.1 cm³/mol. The van der Waals surface area contributed by atoms with Crippen molar-refractivity contribution in [2.45, 2.75) is 26.4 Å². The van der Waals surface area contributed by atoms with E-state index in [-0.39, 0.29) is 11.6 Å². The van der Waals surface area contributed by atoms with Crippen molar-refractivity contribution in [1.29, 1.82) is 0 Å². The van der Waals surface area contributed by atoms with Crippen LogP contribution in [0.25, 0.3) is 0 Å². The van der Waals surface area contributed by atoms with Crippen LogP contribution >= 0.6 is 15.9 Å². The van der Waals surface area contributed by atoms with Crippen molar-refractivity contribution in [3.05, 3.63) is 51.1 Å². The van der Waals surface area contributed by atoms with E-state index in [0.29, 0.717) is 16.7 Å².